The molecule has 0 aromatic rings. The molecule has 0 spiro atoms. The molecule has 0 bridgehead atoms. The maximum Gasteiger partial charge on any atom is 0.0135 e. The van der Waals surface area contributed by atoms with Crippen LogP contribution >= 0.6 is 0 Å². The summed E-state index contributed by atoms with van der Waals surface area (Å²) in [5.74, 6) is 18.6. The Hall–Kier alpha value is -0.0800. The fourth-order valence-corrected chi connectivity index (χ4v) is 26.2. The van der Waals surface area contributed by atoms with Crippen molar-refractivity contribution in [2.24, 2.45) is 107 Å². The number of rotatable bonds is 24. The predicted molar refractivity (Wildman–Crippen MR) is 361 cm³/mol. The van der Waals surface area contributed by atoms with Gasteiger partial charge in [0.1, 0.15) is 0 Å². The van der Waals surface area contributed by atoms with Crippen molar-refractivity contribution in [1.29, 1.82) is 0 Å². The minimum atomic E-state index is 0.884. The summed E-state index contributed by atoms with van der Waals surface area (Å²) in [6.45, 7) is 10.1. The van der Waals surface area contributed by atoms with Gasteiger partial charge in [0.15, 0.2) is 0 Å². The Labute approximate surface area is 524 Å². The Morgan fingerprint density at radius 3 is 0.905 bits per heavy atom. The van der Waals surface area contributed by atoms with E-state index in [1.165, 1.54) is 141 Å². The van der Waals surface area contributed by atoms with Gasteiger partial charge >= 0.3 is 0 Å². The highest BCUT2D eigenvalue weighted by atomic mass is 15.2. The van der Waals surface area contributed by atoms with Crippen molar-refractivity contribution in [1.82, 2.24) is 9.80 Å². The fourth-order valence-electron chi connectivity index (χ4n) is 26.2. The molecule has 482 valence electrons. The molecule has 84 heavy (non-hydrogen) atoms. The molecular weight excluding hydrogens is 1010 g/mol. The Morgan fingerprint density at radius 2 is 0.548 bits per heavy atom. The SMILES string of the molecule is CCCCCCCCC1CCC(N(C2CCC(C)CC2)C2CC(C3CCC(C4CCCCC4)CC3)C3CCC4C5C(CCC2C35)C(C2CCC(C3CCCCC3)CC2)CC4N(C2CCC(C)CC2)C2CCC(CCCCCCCC)CC2)CC1. The average Bonchev–Trinajstić information content (AvgIpc) is 1.97. The van der Waals surface area contributed by atoms with Gasteiger partial charge in [-0.15, -0.1) is 0 Å². The third-order valence-electron chi connectivity index (χ3n) is 30.7. The van der Waals surface area contributed by atoms with E-state index in [-0.39, 0.29) is 0 Å². The van der Waals surface area contributed by atoms with E-state index < -0.39 is 0 Å². The summed E-state index contributed by atoms with van der Waals surface area (Å²) >= 11 is 0. The highest BCUT2D eigenvalue weighted by Crippen LogP contribution is 2.67. The Kier molecular flexibility index (Phi) is 24.4. The van der Waals surface area contributed by atoms with Crippen LogP contribution in [0, 0.1) is 107 Å². The van der Waals surface area contributed by atoms with E-state index in [0.29, 0.717) is 0 Å². The molecule has 12 fully saturated rings. The zero-order valence-corrected chi connectivity index (χ0v) is 56.9. The molecule has 12 saturated carbocycles. The van der Waals surface area contributed by atoms with E-state index in [1.54, 1.807) is 205 Å². The van der Waals surface area contributed by atoms with E-state index in [1.807, 2.05) is 0 Å². The Bertz CT molecular complexity index is 1680. The standard InChI is InChI=1S/C82H144N2/c1-5-7-9-11-13-17-23-61-33-49-71(50-34-61)83(69-45-29-59(3)30-46-69)79-57-77(67-41-37-65(38-42-67)63-25-19-15-20-26-63)73-54-56-76-80(84(70-47-31-60(4)32-48-70)72-51-35-62(36-52-72)24-18-14-12-10-8-6-2)58-78(74-53-55-75(79)81(73)82(74)76)68-43-39-66(40-44-68)64-27-21-16-22-28-64/h59-82H,5-58H2,1-4H3. The van der Waals surface area contributed by atoms with Gasteiger partial charge in [-0.25, -0.2) is 0 Å². The van der Waals surface area contributed by atoms with Crippen LogP contribution in [0.5, 0.6) is 0 Å². The van der Waals surface area contributed by atoms with Crippen molar-refractivity contribution in [3.05, 3.63) is 0 Å². The first-order chi connectivity index (χ1) is 41.4. The van der Waals surface area contributed by atoms with Gasteiger partial charge in [-0.05, 0) is 299 Å². The predicted octanol–water partition coefficient (Wildman–Crippen LogP) is 24.2. The quantitative estimate of drug-likeness (QED) is 0.0889. The summed E-state index contributed by atoms with van der Waals surface area (Å²) in [4.78, 5) is 7.23. The molecule has 0 aromatic carbocycles. The van der Waals surface area contributed by atoms with Crippen molar-refractivity contribution in [2.45, 2.75) is 411 Å². The normalized spacial score (nSPS) is 43.8. The van der Waals surface area contributed by atoms with Crippen LogP contribution in [0.3, 0.4) is 0 Å². The van der Waals surface area contributed by atoms with Gasteiger partial charge in [-0.3, -0.25) is 9.80 Å². The lowest BCUT2D eigenvalue weighted by Gasteiger charge is -2.68. The lowest BCUT2D eigenvalue weighted by molar-refractivity contribution is -0.190. The van der Waals surface area contributed by atoms with Gasteiger partial charge in [0, 0.05) is 36.3 Å². The lowest BCUT2D eigenvalue weighted by Crippen LogP contribution is -2.67. The van der Waals surface area contributed by atoms with Crippen LogP contribution in [0.2, 0.25) is 0 Å². The molecular formula is C82H144N2. The lowest BCUT2D eigenvalue weighted by atomic mass is 9.41. The maximum absolute atomic E-state index is 3.61. The molecule has 12 rings (SSSR count). The summed E-state index contributed by atoms with van der Waals surface area (Å²) in [6.07, 6.45) is 83.8. The largest absolute Gasteiger partial charge is 0.294 e. The van der Waals surface area contributed by atoms with Gasteiger partial charge < -0.3 is 0 Å². The van der Waals surface area contributed by atoms with Gasteiger partial charge in [0.2, 0.25) is 0 Å². The van der Waals surface area contributed by atoms with Gasteiger partial charge in [0.25, 0.3) is 0 Å². The third kappa shape index (κ3) is 15.5. The van der Waals surface area contributed by atoms with Crippen molar-refractivity contribution < 1.29 is 0 Å². The molecule has 0 heterocycles. The molecule has 0 aliphatic heterocycles. The molecule has 0 N–H and O–H groups in total. The molecule has 10 atom stereocenters. The monoisotopic (exact) mass is 1160 g/mol. The molecule has 12 aliphatic rings. The van der Waals surface area contributed by atoms with Crippen LogP contribution in [-0.2, 0) is 0 Å². The number of unbranched alkanes of at least 4 members (excludes halogenated alkanes) is 10. The van der Waals surface area contributed by atoms with Crippen molar-refractivity contribution in [3.63, 3.8) is 0 Å². The summed E-state index contributed by atoms with van der Waals surface area (Å²) in [7, 11) is 0. The zero-order valence-electron chi connectivity index (χ0n) is 56.9. The minimum Gasteiger partial charge on any atom is -0.294 e. The molecule has 2 nitrogen and oxygen atoms in total. The summed E-state index contributed by atoms with van der Waals surface area (Å²) in [6, 6.07) is 5.33. The van der Waals surface area contributed by atoms with E-state index >= 15 is 0 Å². The van der Waals surface area contributed by atoms with Crippen molar-refractivity contribution >= 4 is 0 Å². The summed E-state index contributed by atoms with van der Waals surface area (Å²) < 4.78 is 0. The highest BCUT2D eigenvalue weighted by molar-refractivity contribution is 5.14. The second kappa shape index (κ2) is 32.0. The molecule has 10 unspecified atom stereocenters. The second-order valence-corrected chi connectivity index (χ2v) is 35.2. The average molecular weight is 1160 g/mol. The zero-order chi connectivity index (χ0) is 57.2. The van der Waals surface area contributed by atoms with E-state index in [0.717, 1.165) is 143 Å². The summed E-state index contributed by atoms with van der Waals surface area (Å²) in [5, 5.41) is 0. The van der Waals surface area contributed by atoms with Crippen LogP contribution in [-0.4, -0.2) is 46.1 Å². The van der Waals surface area contributed by atoms with Crippen molar-refractivity contribution in [3.8, 4) is 0 Å². The molecule has 0 amide bonds. The highest BCUT2D eigenvalue weighted by Gasteiger charge is 2.63. The van der Waals surface area contributed by atoms with Crippen molar-refractivity contribution in [2.75, 3.05) is 0 Å². The van der Waals surface area contributed by atoms with Crippen LogP contribution < -0.4 is 0 Å². The second-order valence-electron chi connectivity index (χ2n) is 35.2. The van der Waals surface area contributed by atoms with E-state index in [9.17, 15) is 0 Å². The number of hydrogen-bond donors (Lipinski definition) is 0. The first kappa shape index (κ1) is 64.0. The van der Waals surface area contributed by atoms with Gasteiger partial charge in [0.05, 0.1) is 0 Å². The van der Waals surface area contributed by atoms with Gasteiger partial charge in [-0.1, -0.05) is 182 Å². The first-order valence-corrected chi connectivity index (χ1v) is 41.0. The van der Waals surface area contributed by atoms with E-state index in [2.05, 4.69) is 37.5 Å². The third-order valence-corrected chi connectivity index (χ3v) is 30.7. The minimum absolute atomic E-state index is 0.884. The molecule has 0 radical (unpaired) electrons. The van der Waals surface area contributed by atoms with Crippen LogP contribution in [0.15, 0.2) is 0 Å². The molecule has 0 aromatic heterocycles. The number of nitrogens with zero attached hydrogens (tertiary/aromatic N) is 2. The van der Waals surface area contributed by atoms with E-state index in [4.69, 9.17) is 0 Å². The summed E-state index contributed by atoms with van der Waals surface area (Å²) in [5.41, 5.74) is 0. The molecule has 12 aliphatic carbocycles. The molecule has 2 heteroatoms. The maximum atomic E-state index is 3.61. The van der Waals surface area contributed by atoms with Gasteiger partial charge in [-0.2, -0.15) is 0 Å². The van der Waals surface area contributed by atoms with Crippen LogP contribution in [0.25, 0.3) is 0 Å². The number of hydrogen-bond acceptors (Lipinski definition) is 2. The Balaban J connectivity index is 0.863. The fraction of sp³-hybridized carbons (Fsp3) is 1.00. The smallest absolute Gasteiger partial charge is 0.0135 e. The topological polar surface area (TPSA) is 6.48 Å². The molecule has 0 saturated heterocycles. The Morgan fingerprint density at radius 1 is 0.250 bits per heavy atom. The first-order valence-electron chi connectivity index (χ1n) is 41.0. The van der Waals surface area contributed by atoms with Crippen LogP contribution in [0.4, 0.5) is 0 Å². The van der Waals surface area contributed by atoms with Crippen LogP contribution in [0.1, 0.15) is 374 Å².